The number of carbonyl (C=O) groups is 2. The van der Waals surface area contributed by atoms with E-state index in [1.54, 1.807) is 11.3 Å². The molecular weight excluding hydrogens is 787 g/mol. The Morgan fingerprint density at radius 3 is 1.79 bits per heavy atom. The summed E-state index contributed by atoms with van der Waals surface area (Å²) in [4.78, 5) is 31.7. The molecule has 0 bridgehead atoms. The third kappa shape index (κ3) is 13.3. The van der Waals surface area contributed by atoms with E-state index in [9.17, 15) is 9.59 Å². The number of aryl methyl sites for hydroxylation is 1. The molecule has 58 heavy (non-hydrogen) atoms. The zero-order valence-corrected chi connectivity index (χ0v) is 44.6. The molecule has 2 aromatic rings. The van der Waals surface area contributed by atoms with Gasteiger partial charge in [-0.25, -0.2) is 4.98 Å². The molecule has 0 amide bonds. The lowest BCUT2D eigenvalue weighted by atomic mass is 9.72. The molecule has 1 aromatic heterocycles. The summed E-state index contributed by atoms with van der Waals surface area (Å²) in [7, 11) is -6.70. The van der Waals surface area contributed by atoms with Crippen molar-refractivity contribution in [3.8, 4) is 0 Å². The van der Waals surface area contributed by atoms with E-state index in [0.29, 0.717) is 0 Å². The van der Waals surface area contributed by atoms with Crippen molar-refractivity contribution in [3.05, 3.63) is 63.1 Å². The number of Topliss-reactive ketones (excluding diaryl/α,β-unsaturated/α-hetero) is 1. The standard InChI is InChI=1S/C48H83NO5SSi3/c1-33(26-27-41(52-56(17,18)45(6,7)8)34(2)30-40-32-55-37(5)49-40)38-24-23-25-39(31-38)35(3)43(54-58(21,22)47(12,13)14)36(4)44(51)48(15,16)42(28-29-50)53-57(19,20)46(9,10)11/h23-26,29-32,35-36,41-43H,27-28H2,1-22H3/b33-26+,34-30+/t35-,36+,41-,42-,43-/m0/s1. The predicted octanol–water partition coefficient (Wildman–Crippen LogP) is 14.4. The Hall–Kier alpha value is -1.80. The smallest absolute Gasteiger partial charge is 0.192 e. The second-order valence-electron chi connectivity index (χ2n) is 22.1. The average molecular weight is 871 g/mol. The molecule has 0 aliphatic carbocycles. The van der Waals surface area contributed by atoms with E-state index < -0.39 is 42.4 Å². The summed E-state index contributed by atoms with van der Waals surface area (Å²) in [5.74, 6) is -0.449. The first-order valence-electron chi connectivity index (χ1n) is 21.5. The highest BCUT2D eigenvalue weighted by atomic mass is 32.1. The van der Waals surface area contributed by atoms with Crippen LogP contribution in [0, 0.1) is 18.3 Å². The Balaban J connectivity index is 2.61. The van der Waals surface area contributed by atoms with E-state index in [2.05, 4.69) is 164 Å². The van der Waals surface area contributed by atoms with Gasteiger partial charge >= 0.3 is 0 Å². The van der Waals surface area contributed by atoms with Crippen LogP contribution in [0.4, 0.5) is 0 Å². The van der Waals surface area contributed by atoms with Gasteiger partial charge in [-0.1, -0.05) is 120 Å². The number of thiazole rings is 1. The van der Waals surface area contributed by atoms with Gasteiger partial charge in [0.2, 0.25) is 0 Å². The molecule has 1 aromatic carbocycles. The lowest BCUT2D eigenvalue weighted by Crippen LogP contribution is -2.53. The second kappa shape index (κ2) is 19.5. The monoisotopic (exact) mass is 870 g/mol. The van der Waals surface area contributed by atoms with Gasteiger partial charge in [0, 0.05) is 29.1 Å². The number of rotatable bonds is 19. The maximum Gasteiger partial charge on any atom is 0.192 e. The first kappa shape index (κ1) is 52.3. The lowest BCUT2D eigenvalue weighted by Gasteiger charge is -2.46. The fourth-order valence-corrected chi connectivity index (χ4v) is 11.3. The maximum atomic E-state index is 14.9. The van der Waals surface area contributed by atoms with Gasteiger partial charge in [0.25, 0.3) is 0 Å². The minimum atomic E-state index is -2.33. The van der Waals surface area contributed by atoms with Crippen LogP contribution in [-0.2, 0) is 22.9 Å². The van der Waals surface area contributed by atoms with Crippen molar-refractivity contribution in [3.63, 3.8) is 0 Å². The Bertz CT molecular complexity index is 1750. The summed E-state index contributed by atoms with van der Waals surface area (Å²) in [6.07, 6.45) is 5.37. The minimum absolute atomic E-state index is 0.0517. The van der Waals surface area contributed by atoms with Crippen molar-refractivity contribution < 1.29 is 22.9 Å². The van der Waals surface area contributed by atoms with Crippen LogP contribution in [0.5, 0.6) is 0 Å². The summed E-state index contributed by atoms with van der Waals surface area (Å²) in [5, 5.41) is 3.14. The van der Waals surface area contributed by atoms with E-state index in [1.165, 1.54) is 11.1 Å². The van der Waals surface area contributed by atoms with Gasteiger partial charge in [-0.2, -0.15) is 0 Å². The van der Waals surface area contributed by atoms with Crippen LogP contribution in [-0.4, -0.2) is 60.3 Å². The van der Waals surface area contributed by atoms with Gasteiger partial charge in [0.15, 0.2) is 25.0 Å². The number of hydrogen-bond donors (Lipinski definition) is 0. The van der Waals surface area contributed by atoms with Gasteiger partial charge in [-0.05, 0) is 110 Å². The lowest BCUT2D eigenvalue weighted by molar-refractivity contribution is -0.140. The summed E-state index contributed by atoms with van der Waals surface area (Å²) in [6, 6.07) is 8.76. The van der Waals surface area contributed by atoms with Crippen LogP contribution >= 0.6 is 11.3 Å². The number of aldehydes is 1. The van der Waals surface area contributed by atoms with Gasteiger partial charge in [0.1, 0.15) is 12.1 Å². The molecule has 6 nitrogen and oxygen atoms in total. The van der Waals surface area contributed by atoms with E-state index in [-0.39, 0.29) is 45.4 Å². The zero-order valence-electron chi connectivity index (χ0n) is 40.8. The Morgan fingerprint density at radius 1 is 0.793 bits per heavy atom. The van der Waals surface area contributed by atoms with Crippen molar-refractivity contribution in [2.75, 3.05) is 0 Å². The summed E-state index contributed by atoms with van der Waals surface area (Å²) in [5.41, 5.74) is 4.73. The van der Waals surface area contributed by atoms with Crippen molar-refractivity contribution in [2.24, 2.45) is 11.3 Å². The molecule has 10 heteroatoms. The molecule has 0 aliphatic rings. The molecule has 0 spiro atoms. The number of ketones is 1. The highest BCUT2D eigenvalue weighted by Gasteiger charge is 2.49. The van der Waals surface area contributed by atoms with Crippen LogP contribution in [0.1, 0.15) is 144 Å². The molecule has 0 unspecified atom stereocenters. The van der Waals surface area contributed by atoms with Crippen LogP contribution in [0.2, 0.25) is 54.4 Å². The van der Waals surface area contributed by atoms with Crippen molar-refractivity contribution >= 4 is 60.0 Å². The topological polar surface area (TPSA) is 74.7 Å². The molecule has 0 saturated carbocycles. The number of benzene rings is 1. The fraction of sp³-hybridized carbons (Fsp3) is 0.688. The molecule has 0 N–H and O–H groups in total. The molecule has 0 fully saturated rings. The maximum absolute atomic E-state index is 14.9. The summed E-state index contributed by atoms with van der Waals surface area (Å²) in [6.45, 7) is 48.3. The second-order valence-corrected chi connectivity index (χ2v) is 37.4. The van der Waals surface area contributed by atoms with E-state index in [0.717, 1.165) is 34.5 Å². The molecule has 1 heterocycles. The normalized spacial score (nSPS) is 17.1. The molecule has 0 radical (unpaired) electrons. The zero-order chi connectivity index (χ0) is 45.0. The van der Waals surface area contributed by atoms with E-state index in [1.807, 2.05) is 27.7 Å². The number of aromatic nitrogens is 1. The highest BCUT2D eigenvalue weighted by Crippen LogP contribution is 2.45. The van der Waals surface area contributed by atoms with Crippen LogP contribution in [0.25, 0.3) is 11.6 Å². The number of carbonyl (C=O) groups excluding carboxylic acids is 2. The predicted molar refractivity (Wildman–Crippen MR) is 258 cm³/mol. The highest BCUT2D eigenvalue weighted by molar-refractivity contribution is 7.09. The van der Waals surface area contributed by atoms with Gasteiger partial charge in [-0.3, -0.25) is 4.79 Å². The SMILES string of the molecule is C/C(=C\C[C@H](O[Si](C)(C)C(C)(C)C)/C(C)=C/c1csc(C)n1)c1cccc([C@H](C)[C@H](O[Si](C)(C)C(C)(C)C)[C@@H](C)C(=O)C(C)(C)[C@H](CC=O)O[Si](C)(C)C(C)(C)C)c1. The Morgan fingerprint density at radius 2 is 1.31 bits per heavy atom. The Kier molecular flexibility index (Phi) is 17.6. The van der Waals surface area contributed by atoms with Gasteiger partial charge in [0.05, 0.1) is 29.0 Å². The first-order chi connectivity index (χ1) is 26.1. The van der Waals surface area contributed by atoms with Gasteiger partial charge in [-0.15, -0.1) is 11.3 Å². The van der Waals surface area contributed by atoms with E-state index in [4.69, 9.17) is 18.3 Å². The van der Waals surface area contributed by atoms with Crippen molar-refractivity contribution in [2.45, 2.75) is 202 Å². The quantitative estimate of drug-likeness (QED) is 0.103. The first-order valence-corrected chi connectivity index (χ1v) is 31.1. The third-order valence-corrected chi connectivity index (χ3v) is 28.1. The number of nitrogens with zero attached hydrogens (tertiary/aromatic N) is 1. The molecule has 0 saturated heterocycles. The largest absolute Gasteiger partial charge is 0.413 e. The van der Waals surface area contributed by atoms with Gasteiger partial charge < -0.3 is 18.1 Å². The number of allylic oxidation sites excluding steroid dienone is 1. The summed E-state index contributed by atoms with van der Waals surface area (Å²) >= 11 is 1.67. The Labute approximate surface area is 362 Å². The fourth-order valence-electron chi connectivity index (χ4n) is 6.45. The summed E-state index contributed by atoms with van der Waals surface area (Å²) < 4.78 is 21.2. The molecule has 328 valence electrons. The molecular formula is C48H83NO5SSi3. The minimum Gasteiger partial charge on any atom is -0.413 e. The van der Waals surface area contributed by atoms with Crippen LogP contribution in [0.15, 0.2) is 41.3 Å². The molecule has 2 rings (SSSR count). The van der Waals surface area contributed by atoms with Crippen LogP contribution in [0.3, 0.4) is 0 Å². The molecule has 0 aliphatic heterocycles. The molecule has 5 atom stereocenters. The van der Waals surface area contributed by atoms with Crippen molar-refractivity contribution in [1.29, 1.82) is 0 Å². The van der Waals surface area contributed by atoms with Crippen molar-refractivity contribution in [1.82, 2.24) is 4.98 Å². The number of hydrogen-bond acceptors (Lipinski definition) is 7. The van der Waals surface area contributed by atoms with E-state index >= 15 is 0 Å². The van der Waals surface area contributed by atoms with Crippen LogP contribution < -0.4 is 0 Å². The average Bonchev–Trinajstić information content (AvgIpc) is 3.49. The third-order valence-electron chi connectivity index (χ3n) is 13.9.